The van der Waals surface area contributed by atoms with E-state index in [1.165, 1.54) is 0 Å². The maximum absolute atomic E-state index is 12.2. The lowest BCUT2D eigenvalue weighted by atomic mass is 10.2. The minimum atomic E-state index is -0.0193. The fraction of sp³-hybridized carbons (Fsp3) is 0.444. The minimum absolute atomic E-state index is 0. The van der Waals surface area contributed by atoms with Crippen LogP contribution in [0.2, 0.25) is 0 Å². The Morgan fingerprint density at radius 3 is 2.76 bits per heavy atom. The van der Waals surface area contributed by atoms with Crippen molar-refractivity contribution in [1.82, 2.24) is 15.5 Å². The first-order chi connectivity index (χ1) is 11.7. The lowest BCUT2D eigenvalue weighted by Gasteiger charge is -2.16. The van der Waals surface area contributed by atoms with E-state index in [1.807, 2.05) is 36.1 Å². The largest absolute Gasteiger partial charge is 0.357 e. The highest BCUT2D eigenvalue weighted by atomic mass is 127. The van der Waals surface area contributed by atoms with Gasteiger partial charge >= 0.3 is 6.03 Å². The van der Waals surface area contributed by atoms with Gasteiger partial charge in [-0.15, -0.1) is 30.6 Å². The van der Waals surface area contributed by atoms with Gasteiger partial charge in [-0.05, 0) is 37.5 Å². The molecule has 1 aromatic carbocycles. The average Bonchev–Trinajstić information content (AvgIpc) is 3.12. The van der Waals surface area contributed by atoms with Crippen molar-refractivity contribution >= 4 is 41.7 Å². The van der Waals surface area contributed by atoms with Crippen LogP contribution in [0.4, 0.5) is 10.5 Å². The molecule has 6 nitrogen and oxygen atoms in total. The number of likely N-dealkylation sites (tertiary alicyclic amines) is 1. The Labute approximate surface area is 167 Å². The second kappa shape index (κ2) is 11.7. The summed E-state index contributed by atoms with van der Waals surface area (Å²) in [5.74, 6) is 0.754. The van der Waals surface area contributed by atoms with E-state index in [0.29, 0.717) is 13.1 Å². The molecule has 7 heteroatoms. The predicted octanol–water partition coefficient (Wildman–Crippen LogP) is 3.17. The second-order valence-electron chi connectivity index (χ2n) is 5.69. The van der Waals surface area contributed by atoms with Crippen molar-refractivity contribution < 1.29 is 4.79 Å². The molecule has 0 unspecified atom stereocenters. The average molecular weight is 457 g/mol. The lowest BCUT2D eigenvalue weighted by molar-refractivity contribution is 0.222. The molecule has 0 aromatic heterocycles. The van der Waals surface area contributed by atoms with Crippen molar-refractivity contribution in [1.29, 1.82) is 0 Å². The number of amides is 2. The number of halogens is 1. The summed E-state index contributed by atoms with van der Waals surface area (Å²) in [7, 11) is 0. The van der Waals surface area contributed by atoms with Crippen LogP contribution in [-0.4, -0.2) is 43.1 Å². The van der Waals surface area contributed by atoms with Gasteiger partial charge in [-0.1, -0.05) is 18.2 Å². The molecule has 3 N–H and O–H groups in total. The van der Waals surface area contributed by atoms with Crippen molar-refractivity contribution in [3.8, 4) is 0 Å². The van der Waals surface area contributed by atoms with Gasteiger partial charge in [0, 0.05) is 31.9 Å². The number of carbonyl (C=O) groups excluding carboxylic acids is 1. The molecule has 2 rings (SSSR count). The predicted molar refractivity (Wildman–Crippen MR) is 115 cm³/mol. The molecule has 1 aliphatic heterocycles. The molecule has 138 valence electrons. The van der Waals surface area contributed by atoms with Crippen LogP contribution in [0, 0.1) is 0 Å². The number of nitrogens with zero attached hydrogens (tertiary/aromatic N) is 2. The first-order valence-electron chi connectivity index (χ1n) is 8.51. The van der Waals surface area contributed by atoms with Crippen LogP contribution >= 0.6 is 24.0 Å². The monoisotopic (exact) mass is 457 g/mol. The Morgan fingerprint density at radius 1 is 1.32 bits per heavy atom. The van der Waals surface area contributed by atoms with Gasteiger partial charge in [0.15, 0.2) is 5.96 Å². The van der Waals surface area contributed by atoms with Crippen molar-refractivity contribution in [2.24, 2.45) is 4.99 Å². The minimum Gasteiger partial charge on any atom is -0.357 e. The number of urea groups is 1. The summed E-state index contributed by atoms with van der Waals surface area (Å²) < 4.78 is 0. The van der Waals surface area contributed by atoms with Gasteiger partial charge in [0.05, 0.1) is 6.54 Å². The van der Waals surface area contributed by atoms with E-state index >= 15 is 0 Å². The van der Waals surface area contributed by atoms with Crippen molar-refractivity contribution in [2.45, 2.75) is 26.3 Å². The SMILES string of the molecule is C=CCNC(=NCc1cccc(NC(=O)N2CCCC2)c1)NCC.I. The molecule has 1 aromatic rings. The van der Waals surface area contributed by atoms with E-state index in [0.717, 1.165) is 49.7 Å². The summed E-state index contributed by atoms with van der Waals surface area (Å²) in [4.78, 5) is 18.6. The summed E-state index contributed by atoms with van der Waals surface area (Å²) in [5.41, 5.74) is 1.86. The number of aliphatic imine (C=N–C) groups is 1. The van der Waals surface area contributed by atoms with Crippen LogP contribution in [0.25, 0.3) is 0 Å². The molecule has 1 aliphatic rings. The van der Waals surface area contributed by atoms with Gasteiger partial charge in [-0.2, -0.15) is 0 Å². The van der Waals surface area contributed by atoms with Crippen LogP contribution in [-0.2, 0) is 6.54 Å². The van der Waals surface area contributed by atoms with Crippen molar-refractivity contribution in [3.05, 3.63) is 42.5 Å². The van der Waals surface area contributed by atoms with E-state index < -0.39 is 0 Å². The highest BCUT2D eigenvalue weighted by Gasteiger charge is 2.17. The zero-order valence-electron chi connectivity index (χ0n) is 14.8. The first-order valence-corrected chi connectivity index (χ1v) is 8.51. The highest BCUT2D eigenvalue weighted by molar-refractivity contribution is 14.0. The molecule has 0 spiro atoms. The molecular weight excluding hydrogens is 429 g/mol. The molecule has 1 fully saturated rings. The normalized spacial score (nSPS) is 13.8. The summed E-state index contributed by atoms with van der Waals surface area (Å²) in [5, 5.41) is 9.32. The quantitative estimate of drug-likeness (QED) is 0.266. The smallest absolute Gasteiger partial charge is 0.321 e. The molecule has 1 heterocycles. The molecule has 2 amide bonds. The highest BCUT2D eigenvalue weighted by Crippen LogP contribution is 2.14. The number of anilines is 1. The summed E-state index contributed by atoms with van der Waals surface area (Å²) in [6.07, 6.45) is 3.97. The zero-order chi connectivity index (χ0) is 17.2. The van der Waals surface area contributed by atoms with Gasteiger partial charge in [-0.25, -0.2) is 9.79 Å². The molecule has 0 bridgehead atoms. The fourth-order valence-corrected chi connectivity index (χ4v) is 2.55. The second-order valence-corrected chi connectivity index (χ2v) is 5.69. The Kier molecular flexibility index (Phi) is 9.98. The topological polar surface area (TPSA) is 68.8 Å². The number of guanidine groups is 1. The van der Waals surface area contributed by atoms with Crippen molar-refractivity contribution in [3.63, 3.8) is 0 Å². The summed E-state index contributed by atoms with van der Waals surface area (Å²) >= 11 is 0. The van der Waals surface area contributed by atoms with Crippen LogP contribution in [0.3, 0.4) is 0 Å². The third kappa shape index (κ3) is 7.33. The molecular formula is C18H28IN5O. The standard InChI is InChI=1S/C18H27N5O.HI/c1-3-10-20-17(19-4-2)21-14-15-8-7-9-16(13-15)22-18(24)23-11-5-6-12-23;/h3,7-9,13H,1,4-6,10-12,14H2,2H3,(H,22,24)(H2,19,20,21);1H. The maximum atomic E-state index is 12.2. The number of carbonyl (C=O) groups is 1. The Balaban J connectivity index is 0.00000312. The van der Waals surface area contributed by atoms with E-state index in [9.17, 15) is 4.79 Å². The number of rotatable bonds is 6. The summed E-state index contributed by atoms with van der Waals surface area (Å²) in [6, 6.07) is 7.80. The van der Waals surface area contributed by atoms with Crippen molar-refractivity contribution in [2.75, 3.05) is 31.5 Å². The first kappa shape index (κ1) is 21.3. The van der Waals surface area contributed by atoms with E-state index in [-0.39, 0.29) is 30.0 Å². The zero-order valence-corrected chi connectivity index (χ0v) is 17.1. The Morgan fingerprint density at radius 2 is 2.08 bits per heavy atom. The third-order valence-corrected chi connectivity index (χ3v) is 3.75. The Hall–Kier alpha value is -1.77. The van der Waals surface area contributed by atoms with Gasteiger partial charge in [0.2, 0.25) is 0 Å². The number of hydrogen-bond donors (Lipinski definition) is 3. The number of hydrogen-bond acceptors (Lipinski definition) is 2. The molecule has 25 heavy (non-hydrogen) atoms. The van der Waals surface area contributed by atoms with Gasteiger partial charge in [-0.3, -0.25) is 0 Å². The lowest BCUT2D eigenvalue weighted by Crippen LogP contribution is -2.37. The molecule has 0 saturated carbocycles. The van der Waals surface area contributed by atoms with Gasteiger partial charge < -0.3 is 20.9 Å². The summed E-state index contributed by atoms with van der Waals surface area (Å²) in [6.45, 7) is 9.42. The Bertz CT molecular complexity index is 585. The third-order valence-electron chi connectivity index (χ3n) is 3.75. The number of nitrogens with one attached hydrogen (secondary N) is 3. The fourth-order valence-electron chi connectivity index (χ4n) is 2.55. The maximum Gasteiger partial charge on any atom is 0.321 e. The molecule has 0 atom stereocenters. The number of benzene rings is 1. The van der Waals surface area contributed by atoms with Crippen LogP contribution < -0.4 is 16.0 Å². The molecule has 0 radical (unpaired) electrons. The van der Waals surface area contributed by atoms with Crippen LogP contribution in [0.1, 0.15) is 25.3 Å². The molecule has 1 saturated heterocycles. The van der Waals surface area contributed by atoms with Crippen LogP contribution in [0.5, 0.6) is 0 Å². The van der Waals surface area contributed by atoms with E-state index in [2.05, 4.69) is 27.5 Å². The van der Waals surface area contributed by atoms with Crippen LogP contribution in [0.15, 0.2) is 41.9 Å². The molecule has 0 aliphatic carbocycles. The van der Waals surface area contributed by atoms with E-state index in [1.54, 1.807) is 6.08 Å². The van der Waals surface area contributed by atoms with Gasteiger partial charge in [0.25, 0.3) is 0 Å². The van der Waals surface area contributed by atoms with E-state index in [4.69, 9.17) is 0 Å². The van der Waals surface area contributed by atoms with Gasteiger partial charge in [0.1, 0.15) is 0 Å².